The number of nitrogens with zero attached hydrogens (tertiary/aromatic N) is 4. The highest BCUT2D eigenvalue weighted by molar-refractivity contribution is 6.74. The number of imidazole rings is 1. The predicted molar refractivity (Wildman–Crippen MR) is 104 cm³/mol. The Kier molecular flexibility index (Phi) is 5.24. The zero-order valence-corrected chi connectivity index (χ0v) is 17.7. The van der Waals surface area contributed by atoms with E-state index in [2.05, 4.69) is 53.4 Å². The summed E-state index contributed by atoms with van der Waals surface area (Å²) in [6.07, 6.45) is 8.23. The Morgan fingerprint density at radius 1 is 1.20 bits per heavy atom. The Hall–Kier alpha value is -0.983. The average Bonchev–Trinajstić information content (AvgIpc) is 2.97. The predicted octanol–water partition coefficient (Wildman–Crippen LogP) is 5.23. The molecule has 0 N–H and O–H groups in total. The molecule has 3 rings (SSSR count). The van der Waals surface area contributed by atoms with Crippen LogP contribution in [0.2, 0.25) is 23.3 Å². The molecule has 1 aliphatic rings. The van der Waals surface area contributed by atoms with Gasteiger partial charge in [0.15, 0.2) is 19.1 Å². The van der Waals surface area contributed by atoms with E-state index in [0.29, 0.717) is 22.6 Å². The van der Waals surface area contributed by atoms with Crippen LogP contribution in [-0.2, 0) is 4.43 Å². The second-order valence-corrected chi connectivity index (χ2v) is 13.8. The number of hydrogen-bond acceptors (Lipinski definition) is 4. The Bertz CT molecular complexity index is 740. The topological polar surface area (TPSA) is 52.8 Å². The van der Waals surface area contributed by atoms with E-state index in [4.69, 9.17) is 16.0 Å². The van der Waals surface area contributed by atoms with Gasteiger partial charge in [0.1, 0.15) is 11.8 Å². The molecule has 2 aromatic heterocycles. The summed E-state index contributed by atoms with van der Waals surface area (Å²) < 4.78 is 8.74. The van der Waals surface area contributed by atoms with Crippen molar-refractivity contribution in [2.75, 3.05) is 6.61 Å². The Morgan fingerprint density at radius 2 is 1.92 bits per heavy atom. The molecule has 0 bridgehead atoms. The molecule has 2 aromatic rings. The fourth-order valence-electron chi connectivity index (χ4n) is 3.35. The van der Waals surface area contributed by atoms with Crippen LogP contribution in [0.3, 0.4) is 0 Å². The van der Waals surface area contributed by atoms with Crippen LogP contribution >= 0.6 is 11.6 Å². The van der Waals surface area contributed by atoms with E-state index >= 15 is 0 Å². The van der Waals surface area contributed by atoms with Gasteiger partial charge in [0.25, 0.3) is 0 Å². The van der Waals surface area contributed by atoms with Crippen molar-refractivity contribution in [2.45, 2.75) is 70.6 Å². The maximum Gasteiger partial charge on any atom is 0.191 e. The van der Waals surface area contributed by atoms with Gasteiger partial charge in [-0.3, -0.25) is 0 Å². The Balaban J connectivity index is 1.83. The molecule has 0 unspecified atom stereocenters. The number of aromatic nitrogens is 4. The van der Waals surface area contributed by atoms with Crippen molar-refractivity contribution < 1.29 is 4.43 Å². The van der Waals surface area contributed by atoms with Gasteiger partial charge in [-0.2, -0.15) is 0 Å². The van der Waals surface area contributed by atoms with Gasteiger partial charge in [0, 0.05) is 18.6 Å². The number of hydrogen-bond donors (Lipinski definition) is 0. The van der Waals surface area contributed by atoms with Crippen molar-refractivity contribution in [3.05, 3.63) is 17.8 Å². The van der Waals surface area contributed by atoms with Crippen molar-refractivity contribution in [3.8, 4) is 0 Å². The molecule has 1 aliphatic carbocycles. The van der Waals surface area contributed by atoms with E-state index in [1.165, 1.54) is 25.6 Å². The molecule has 2 heterocycles. The third kappa shape index (κ3) is 3.76. The summed E-state index contributed by atoms with van der Waals surface area (Å²) in [5, 5.41) is 0.660. The van der Waals surface area contributed by atoms with Crippen LogP contribution in [0.4, 0.5) is 0 Å². The van der Waals surface area contributed by atoms with Crippen LogP contribution in [0.1, 0.15) is 52.5 Å². The van der Waals surface area contributed by atoms with E-state index < -0.39 is 8.32 Å². The third-order valence-corrected chi connectivity index (χ3v) is 10.8. The highest BCUT2D eigenvalue weighted by atomic mass is 35.5. The van der Waals surface area contributed by atoms with Crippen molar-refractivity contribution in [1.29, 1.82) is 0 Å². The summed E-state index contributed by atoms with van der Waals surface area (Å²) in [5.41, 5.74) is 1.53. The van der Waals surface area contributed by atoms with Crippen molar-refractivity contribution in [2.24, 2.45) is 5.92 Å². The van der Waals surface area contributed by atoms with Gasteiger partial charge >= 0.3 is 0 Å². The second-order valence-electron chi connectivity index (χ2n) is 8.67. The summed E-state index contributed by atoms with van der Waals surface area (Å²) in [6, 6.07) is 0.370. The molecule has 1 fully saturated rings. The van der Waals surface area contributed by atoms with Crippen LogP contribution in [0.15, 0.2) is 12.7 Å². The van der Waals surface area contributed by atoms with Crippen LogP contribution in [0.25, 0.3) is 11.2 Å². The minimum atomic E-state index is -1.74. The highest BCUT2D eigenvalue weighted by Crippen LogP contribution is 2.40. The number of rotatable bonds is 4. The second kappa shape index (κ2) is 6.97. The fourth-order valence-corrected chi connectivity index (χ4v) is 4.59. The summed E-state index contributed by atoms with van der Waals surface area (Å²) in [4.78, 5) is 12.9. The van der Waals surface area contributed by atoms with E-state index in [9.17, 15) is 0 Å². The molecule has 0 aromatic carbocycles. The lowest BCUT2D eigenvalue weighted by Gasteiger charge is -2.39. The first-order valence-electron chi connectivity index (χ1n) is 9.18. The average molecular weight is 381 g/mol. The van der Waals surface area contributed by atoms with Gasteiger partial charge in [-0.25, -0.2) is 15.0 Å². The van der Waals surface area contributed by atoms with Crippen LogP contribution in [0.5, 0.6) is 0 Å². The molecular weight excluding hydrogens is 352 g/mol. The fraction of sp³-hybridized carbons (Fsp3) is 0.722. The minimum Gasteiger partial charge on any atom is -0.416 e. The van der Waals surface area contributed by atoms with Crippen LogP contribution < -0.4 is 0 Å². The first kappa shape index (κ1) is 18.8. The van der Waals surface area contributed by atoms with Crippen LogP contribution in [-0.4, -0.2) is 34.4 Å². The lowest BCUT2D eigenvalue weighted by atomic mass is 9.85. The van der Waals surface area contributed by atoms with Crippen molar-refractivity contribution >= 4 is 31.1 Å². The monoisotopic (exact) mass is 380 g/mol. The van der Waals surface area contributed by atoms with Gasteiger partial charge < -0.3 is 8.99 Å². The summed E-state index contributed by atoms with van der Waals surface area (Å²) in [6.45, 7) is 12.3. The van der Waals surface area contributed by atoms with Crippen molar-refractivity contribution in [3.63, 3.8) is 0 Å². The SMILES string of the molecule is CC(C)(C)[Si](C)(C)OC[C@@H]1CCCC[C@@H]1n1cnc2c(Cl)ncnc21. The van der Waals surface area contributed by atoms with Gasteiger partial charge in [0.05, 0.1) is 6.33 Å². The molecule has 1 saturated carbocycles. The molecule has 25 heavy (non-hydrogen) atoms. The largest absolute Gasteiger partial charge is 0.416 e. The molecule has 7 heteroatoms. The normalized spacial score (nSPS) is 22.5. The van der Waals surface area contributed by atoms with E-state index in [1.807, 2.05) is 6.33 Å². The van der Waals surface area contributed by atoms with Gasteiger partial charge in [0.2, 0.25) is 0 Å². The summed E-state index contributed by atoms with van der Waals surface area (Å²) in [7, 11) is -1.74. The lowest BCUT2D eigenvalue weighted by Crippen LogP contribution is -2.43. The van der Waals surface area contributed by atoms with Gasteiger partial charge in [-0.1, -0.05) is 45.2 Å². The molecule has 2 atom stereocenters. The molecule has 5 nitrogen and oxygen atoms in total. The molecule has 0 radical (unpaired) electrons. The van der Waals surface area contributed by atoms with Gasteiger partial charge in [-0.15, -0.1) is 0 Å². The molecule has 0 amide bonds. The van der Waals surface area contributed by atoms with E-state index in [1.54, 1.807) is 0 Å². The van der Waals surface area contributed by atoms with Crippen LogP contribution in [0, 0.1) is 5.92 Å². The van der Waals surface area contributed by atoms with E-state index in [-0.39, 0.29) is 5.04 Å². The van der Waals surface area contributed by atoms with E-state index in [0.717, 1.165) is 18.7 Å². The maximum atomic E-state index is 6.54. The standard InChI is InChI=1S/C18H29ClN4OSi/c1-18(2,3)25(4,5)24-10-13-8-6-7-9-14(13)23-12-22-15-16(19)20-11-21-17(15)23/h11-14H,6-10H2,1-5H3/t13-,14-/m0/s1. The van der Waals surface area contributed by atoms with Crippen molar-refractivity contribution in [1.82, 2.24) is 19.5 Å². The zero-order valence-electron chi connectivity index (χ0n) is 15.9. The highest BCUT2D eigenvalue weighted by Gasteiger charge is 2.39. The smallest absolute Gasteiger partial charge is 0.191 e. The first-order chi connectivity index (χ1) is 11.7. The zero-order chi connectivity index (χ0) is 18.2. The van der Waals surface area contributed by atoms with Gasteiger partial charge in [-0.05, 0) is 31.0 Å². The number of fused-ring (bicyclic) bond motifs is 1. The quantitative estimate of drug-likeness (QED) is 0.538. The summed E-state index contributed by atoms with van der Waals surface area (Å²) in [5.74, 6) is 0.494. The molecule has 0 saturated heterocycles. The lowest BCUT2D eigenvalue weighted by molar-refractivity contribution is 0.144. The maximum absolute atomic E-state index is 6.54. The molecule has 0 aliphatic heterocycles. The minimum absolute atomic E-state index is 0.236. The third-order valence-electron chi connectivity index (χ3n) is 6.00. The first-order valence-corrected chi connectivity index (χ1v) is 12.5. The Labute approximate surface area is 156 Å². The molecule has 138 valence electrons. The number of halogens is 1. The Morgan fingerprint density at radius 3 is 2.64 bits per heavy atom. The summed E-state index contributed by atoms with van der Waals surface area (Å²) >= 11 is 6.17. The molecule has 0 spiro atoms. The molecular formula is C18H29ClN4OSi.